The highest BCUT2D eigenvalue weighted by Gasteiger charge is 2.73. The van der Waals surface area contributed by atoms with Crippen molar-refractivity contribution in [2.45, 2.75) is 159 Å². The number of aliphatic hydroxyl groups is 2. The van der Waals surface area contributed by atoms with Gasteiger partial charge >= 0.3 is 0 Å². The first-order chi connectivity index (χ1) is 23.9. The molecule has 0 amide bonds. The summed E-state index contributed by atoms with van der Waals surface area (Å²) in [4.78, 5) is 9.64. The second-order valence-electron chi connectivity index (χ2n) is 18.0. The molecule has 284 valence electrons. The average molecular weight is 703 g/mol. The van der Waals surface area contributed by atoms with Crippen LogP contribution in [0.4, 0.5) is 0 Å². The molecule has 6 rings (SSSR count). The number of nitrogens with zero attached hydrogens (tertiary/aromatic N) is 4. The molecule has 51 heavy (non-hydrogen) atoms. The Hall–Kier alpha value is -1.88. The third-order valence-corrected chi connectivity index (χ3v) is 17.6. The van der Waals surface area contributed by atoms with Gasteiger partial charge in [0.15, 0.2) is 0 Å². The van der Waals surface area contributed by atoms with E-state index in [1.165, 1.54) is 22.3 Å². The van der Waals surface area contributed by atoms with Gasteiger partial charge in [-0.05, 0) is 95.9 Å². The first-order valence-electron chi connectivity index (χ1n) is 19.9. The van der Waals surface area contributed by atoms with Crippen LogP contribution in [0.2, 0.25) is 0 Å². The third kappa shape index (κ3) is 4.67. The number of aliphatic hydroxyl groups excluding tert-OH is 2. The number of hydrogen-bond donors (Lipinski definition) is 4. The van der Waals surface area contributed by atoms with Crippen LogP contribution in [0.3, 0.4) is 0 Å². The largest absolute Gasteiger partial charge is 0.381 e. The molecule has 0 radical (unpaired) electrons. The maximum atomic E-state index is 10.4. The standard InChI is InChI=1S/C43H70N6O2/c1-13-36(5,40(9)42(11)38(7,15-3)48(30-50)28-46(42)26-44-40)34-21-17-32(18-22-34)25-33-19-23-35(24-20-33)37(6,14-2)41(10)43(12)39(8,16-4)49(31-51)29-47(43)27-45-41/h17-24,44-45,50-51H,13-16,25-31H2,1-12H3. The molecule has 4 heterocycles. The lowest BCUT2D eigenvalue weighted by Crippen LogP contribution is -2.74. The Morgan fingerprint density at radius 2 is 0.922 bits per heavy atom. The number of nitrogens with one attached hydrogen (secondary N) is 2. The predicted molar refractivity (Wildman–Crippen MR) is 209 cm³/mol. The quantitative estimate of drug-likeness (QED) is 0.210. The average Bonchev–Trinajstić information content (AvgIpc) is 3.75. The molecule has 0 aliphatic carbocycles. The number of hydrogen-bond acceptors (Lipinski definition) is 8. The number of benzene rings is 2. The first kappa shape index (κ1) is 38.8. The number of fused-ring (bicyclic) bond motifs is 2. The summed E-state index contributed by atoms with van der Waals surface area (Å²) >= 11 is 0. The van der Waals surface area contributed by atoms with E-state index >= 15 is 0 Å². The van der Waals surface area contributed by atoms with E-state index < -0.39 is 0 Å². The molecule has 0 spiro atoms. The normalized spacial score (nSPS) is 38.5. The van der Waals surface area contributed by atoms with E-state index in [4.69, 9.17) is 0 Å². The lowest BCUT2D eigenvalue weighted by Gasteiger charge is -2.59. The van der Waals surface area contributed by atoms with E-state index in [-0.39, 0.29) is 57.5 Å². The minimum atomic E-state index is -0.213. The molecule has 4 aliphatic rings. The zero-order chi connectivity index (χ0) is 37.5. The molecule has 8 atom stereocenters. The Morgan fingerprint density at radius 1 is 0.588 bits per heavy atom. The molecule has 0 bridgehead atoms. The Bertz CT molecular complexity index is 1460. The van der Waals surface area contributed by atoms with Crippen LogP contribution in [0.1, 0.15) is 131 Å². The molecule has 0 aromatic heterocycles. The lowest BCUT2D eigenvalue weighted by molar-refractivity contribution is -0.0214. The van der Waals surface area contributed by atoms with E-state index in [9.17, 15) is 10.2 Å². The van der Waals surface area contributed by atoms with Gasteiger partial charge in [-0.3, -0.25) is 30.2 Å². The van der Waals surface area contributed by atoms with Gasteiger partial charge < -0.3 is 10.2 Å². The molecule has 4 saturated heterocycles. The predicted octanol–water partition coefficient (Wildman–Crippen LogP) is 6.16. The molecule has 4 N–H and O–H groups in total. The van der Waals surface area contributed by atoms with Crippen LogP contribution in [-0.4, -0.2) is 103 Å². The Morgan fingerprint density at radius 3 is 1.20 bits per heavy atom. The lowest BCUT2D eigenvalue weighted by atomic mass is 9.53. The molecule has 8 heteroatoms. The summed E-state index contributed by atoms with van der Waals surface area (Å²) in [5.41, 5.74) is 4.06. The van der Waals surface area contributed by atoms with Gasteiger partial charge in [-0.1, -0.05) is 90.1 Å². The van der Waals surface area contributed by atoms with Gasteiger partial charge in [-0.2, -0.15) is 0 Å². The SMILES string of the molecule is CCC(C)(c1ccc(Cc2ccc(C(C)(CC)C3(C)NCN4CN(CO)C(C)(CC)C43C)cc2)cc1)C1(C)NCN2CN(CO)C(C)(CC)C21C. The Kier molecular flexibility index (Phi) is 9.80. The Labute approximate surface area is 310 Å². The molecule has 4 aliphatic heterocycles. The molecule has 2 aromatic rings. The maximum absolute atomic E-state index is 10.4. The van der Waals surface area contributed by atoms with Crippen molar-refractivity contribution in [3.05, 3.63) is 70.8 Å². The van der Waals surface area contributed by atoms with Gasteiger partial charge in [0.1, 0.15) is 0 Å². The topological polar surface area (TPSA) is 77.5 Å². The van der Waals surface area contributed by atoms with Crippen molar-refractivity contribution in [3.8, 4) is 0 Å². The van der Waals surface area contributed by atoms with E-state index in [0.717, 1.165) is 58.8 Å². The second kappa shape index (κ2) is 12.9. The van der Waals surface area contributed by atoms with Gasteiger partial charge in [0.05, 0.1) is 51.2 Å². The summed E-state index contributed by atoms with van der Waals surface area (Å²) in [6.45, 7) is 31.9. The van der Waals surface area contributed by atoms with Crippen molar-refractivity contribution in [1.29, 1.82) is 0 Å². The monoisotopic (exact) mass is 703 g/mol. The fourth-order valence-electron chi connectivity index (χ4n) is 12.2. The molecule has 2 aromatic carbocycles. The summed E-state index contributed by atoms with van der Waals surface area (Å²) in [5, 5.41) is 28.8. The van der Waals surface area contributed by atoms with Crippen LogP contribution in [0.15, 0.2) is 48.5 Å². The molecule has 4 fully saturated rings. The molecule has 8 unspecified atom stereocenters. The minimum Gasteiger partial charge on any atom is -0.381 e. The van der Waals surface area contributed by atoms with Gasteiger partial charge in [0, 0.05) is 33.0 Å². The zero-order valence-corrected chi connectivity index (χ0v) is 34.1. The van der Waals surface area contributed by atoms with E-state index in [1.807, 2.05) is 0 Å². The minimum absolute atomic E-state index is 0.0819. The maximum Gasteiger partial charge on any atom is 0.0971 e. The van der Waals surface area contributed by atoms with Gasteiger partial charge in [-0.25, -0.2) is 0 Å². The smallest absolute Gasteiger partial charge is 0.0971 e. The van der Waals surface area contributed by atoms with E-state index in [1.54, 1.807) is 0 Å². The van der Waals surface area contributed by atoms with Crippen LogP contribution in [0.5, 0.6) is 0 Å². The second-order valence-corrected chi connectivity index (χ2v) is 18.0. The molecule has 8 nitrogen and oxygen atoms in total. The highest BCUT2D eigenvalue weighted by molar-refractivity contribution is 5.43. The highest BCUT2D eigenvalue weighted by Crippen LogP contribution is 2.59. The van der Waals surface area contributed by atoms with E-state index in [0.29, 0.717) is 0 Å². The van der Waals surface area contributed by atoms with Crippen LogP contribution in [-0.2, 0) is 17.3 Å². The Balaban J connectivity index is 1.25. The van der Waals surface area contributed by atoms with Gasteiger partial charge in [-0.15, -0.1) is 0 Å². The summed E-state index contributed by atoms with van der Waals surface area (Å²) in [6, 6.07) is 18.9. The highest BCUT2D eigenvalue weighted by atomic mass is 16.3. The van der Waals surface area contributed by atoms with Crippen LogP contribution in [0, 0.1) is 0 Å². The fourth-order valence-corrected chi connectivity index (χ4v) is 12.2. The molecule has 0 saturated carbocycles. The molecular formula is C43H70N6O2. The van der Waals surface area contributed by atoms with Crippen molar-refractivity contribution in [3.63, 3.8) is 0 Å². The third-order valence-electron chi connectivity index (χ3n) is 17.6. The van der Waals surface area contributed by atoms with Crippen molar-refractivity contribution in [1.82, 2.24) is 30.2 Å². The van der Waals surface area contributed by atoms with Crippen molar-refractivity contribution >= 4 is 0 Å². The zero-order valence-electron chi connectivity index (χ0n) is 34.1. The van der Waals surface area contributed by atoms with Crippen molar-refractivity contribution < 1.29 is 10.2 Å². The van der Waals surface area contributed by atoms with Gasteiger partial charge in [0.2, 0.25) is 0 Å². The fraction of sp³-hybridized carbons (Fsp3) is 0.721. The first-order valence-corrected chi connectivity index (χ1v) is 19.9. The summed E-state index contributed by atoms with van der Waals surface area (Å²) in [7, 11) is 0. The van der Waals surface area contributed by atoms with Crippen molar-refractivity contribution in [2.75, 3.05) is 40.1 Å². The number of rotatable bonds is 12. The van der Waals surface area contributed by atoms with Crippen LogP contribution < -0.4 is 10.6 Å². The van der Waals surface area contributed by atoms with Gasteiger partial charge in [0.25, 0.3) is 0 Å². The van der Waals surface area contributed by atoms with Crippen LogP contribution in [0.25, 0.3) is 0 Å². The van der Waals surface area contributed by atoms with E-state index in [2.05, 4.69) is 162 Å². The summed E-state index contributed by atoms with van der Waals surface area (Å²) < 4.78 is 0. The summed E-state index contributed by atoms with van der Waals surface area (Å²) in [5.74, 6) is 0. The molecular weight excluding hydrogens is 633 g/mol. The summed E-state index contributed by atoms with van der Waals surface area (Å²) in [6.07, 6.45) is 4.86. The van der Waals surface area contributed by atoms with Crippen LogP contribution >= 0.6 is 0 Å². The van der Waals surface area contributed by atoms with Crippen molar-refractivity contribution in [2.24, 2.45) is 0 Å².